The normalized spacial score (nSPS) is 10.5. The van der Waals surface area contributed by atoms with E-state index in [-0.39, 0.29) is 0 Å². The lowest BCUT2D eigenvalue weighted by Crippen LogP contribution is -2.02. The zero-order chi connectivity index (χ0) is 10.7. The minimum Gasteiger partial charge on any atom is -0.444 e. The summed E-state index contributed by atoms with van der Waals surface area (Å²) in [5.41, 5.74) is 8.63. The average molecular weight is 202 g/mol. The number of aromatic nitrogens is 1. The molecule has 0 aliphatic rings. The Balaban J connectivity index is 2.23. The van der Waals surface area contributed by atoms with E-state index in [1.807, 2.05) is 19.1 Å². The van der Waals surface area contributed by atoms with Crippen LogP contribution in [0.25, 0.3) is 11.5 Å². The van der Waals surface area contributed by atoms with Gasteiger partial charge in [0.2, 0.25) is 5.89 Å². The van der Waals surface area contributed by atoms with Gasteiger partial charge in [-0.3, -0.25) is 0 Å². The Morgan fingerprint density at radius 2 is 2.00 bits per heavy atom. The van der Waals surface area contributed by atoms with Crippen molar-refractivity contribution in [1.82, 2.24) is 4.98 Å². The van der Waals surface area contributed by atoms with E-state index in [9.17, 15) is 0 Å². The summed E-state index contributed by atoms with van der Waals surface area (Å²) in [4.78, 5) is 4.27. The number of nitrogens with two attached hydrogens (primary N) is 1. The molecule has 0 aliphatic heterocycles. The van der Waals surface area contributed by atoms with Gasteiger partial charge in [-0.15, -0.1) is 0 Å². The van der Waals surface area contributed by atoms with Gasteiger partial charge in [-0.05, 0) is 37.6 Å². The van der Waals surface area contributed by atoms with Crippen LogP contribution in [0.2, 0.25) is 0 Å². The fourth-order valence-corrected chi connectivity index (χ4v) is 1.47. The third-order valence-corrected chi connectivity index (χ3v) is 2.25. The Morgan fingerprint density at radius 1 is 1.27 bits per heavy atom. The first-order valence-electron chi connectivity index (χ1n) is 5.01. The molecule has 15 heavy (non-hydrogen) atoms. The zero-order valence-corrected chi connectivity index (χ0v) is 8.73. The third-order valence-electron chi connectivity index (χ3n) is 2.25. The second-order valence-electron chi connectivity index (χ2n) is 3.53. The van der Waals surface area contributed by atoms with Crippen LogP contribution in [0.1, 0.15) is 11.3 Å². The minimum absolute atomic E-state index is 0.673. The van der Waals surface area contributed by atoms with Gasteiger partial charge in [-0.2, -0.15) is 0 Å². The monoisotopic (exact) mass is 202 g/mol. The molecule has 1 heterocycles. The third kappa shape index (κ3) is 2.25. The first-order chi connectivity index (χ1) is 7.29. The highest BCUT2D eigenvalue weighted by atomic mass is 16.3. The highest BCUT2D eigenvalue weighted by molar-refractivity contribution is 5.53. The molecule has 1 aromatic carbocycles. The molecule has 0 unspecified atom stereocenters. The molecule has 3 heteroatoms. The lowest BCUT2D eigenvalue weighted by Gasteiger charge is -1.99. The van der Waals surface area contributed by atoms with Crippen LogP contribution in [0, 0.1) is 6.92 Å². The van der Waals surface area contributed by atoms with E-state index in [0.717, 1.165) is 17.7 Å². The van der Waals surface area contributed by atoms with Gasteiger partial charge in [-0.25, -0.2) is 4.98 Å². The molecule has 0 saturated heterocycles. The van der Waals surface area contributed by atoms with Crippen LogP contribution in [0.3, 0.4) is 0 Å². The number of rotatable bonds is 3. The molecule has 3 nitrogen and oxygen atoms in total. The molecule has 2 aromatic rings. The van der Waals surface area contributed by atoms with Crippen molar-refractivity contribution in [2.75, 3.05) is 6.54 Å². The van der Waals surface area contributed by atoms with E-state index in [4.69, 9.17) is 10.2 Å². The second-order valence-corrected chi connectivity index (χ2v) is 3.53. The van der Waals surface area contributed by atoms with Gasteiger partial charge in [0.05, 0.1) is 5.69 Å². The van der Waals surface area contributed by atoms with Gasteiger partial charge < -0.3 is 10.2 Å². The van der Waals surface area contributed by atoms with E-state index < -0.39 is 0 Å². The quantitative estimate of drug-likeness (QED) is 0.829. The van der Waals surface area contributed by atoms with Crippen LogP contribution < -0.4 is 5.73 Å². The number of aryl methyl sites for hydroxylation is 1. The predicted molar refractivity (Wildman–Crippen MR) is 59.4 cm³/mol. The van der Waals surface area contributed by atoms with Crippen LogP contribution in [-0.4, -0.2) is 11.5 Å². The standard InChI is InChI=1S/C12H14N2O/c1-9-8-15-12(14-9)11-4-2-10(3-5-11)6-7-13/h2-5,8H,6-7,13H2,1H3. The van der Waals surface area contributed by atoms with E-state index in [0.29, 0.717) is 12.4 Å². The summed E-state index contributed by atoms with van der Waals surface area (Å²) in [6.45, 7) is 2.59. The van der Waals surface area contributed by atoms with Gasteiger partial charge in [0.1, 0.15) is 6.26 Å². The van der Waals surface area contributed by atoms with Crippen molar-refractivity contribution in [2.24, 2.45) is 5.73 Å². The van der Waals surface area contributed by atoms with E-state index in [1.54, 1.807) is 6.26 Å². The summed E-state index contributed by atoms with van der Waals surface area (Å²) in [6.07, 6.45) is 2.56. The maximum absolute atomic E-state index is 5.48. The topological polar surface area (TPSA) is 52.0 Å². The highest BCUT2D eigenvalue weighted by Crippen LogP contribution is 2.18. The van der Waals surface area contributed by atoms with Crippen molar-refractivity contribution in [1.29, 1.82) is 0 Å². The summed E-state index contributed by atoms with van der Waals surface area (Å²) in [6, 6.07) is 8.13. The molecule has 2 rings (SSSR count). The predicted octanol–water partition coefficient (Wildman–Crippen LogP) is 2.15. The molecule has 0 aliphatic carbocycles. The first kappa shape index (κ1) is 9.93. The van der Waals surface area contributed by atoms with E-state index in [1.165, 1.54) is 5.56 Å². The lowest BCUT2D eigenvalue weighted by molar-refractivity contribution is 0.573. The molecular weight excluding hydrogens is 188 g/mol. The molecular formula is C12H14N2O. The Labute approximate surface area is 88.9 Å². The van der Waals surface area contributed by atoms with Crippen LogP contribution in [-0.2, 0) is 6.42 Å². The Hall–Kier alpha value is -1.61. The van der Waals surface area contributed by atoms with Gasteiger partial charge in [0.25, 0.3) is 0 Å². The van der Waals surface area contributed by atoms with Crippen molar-refractivity contribution < 1.29 is 4.42 Å². The van der Waals surface area contributed by atoms with Crippen LogP contribution in [0.4, 0.5) is 0 Å². The summed E-state index contributed by atoms with van der Waals surface area (Å²) < 4.78 is 5.31. The fraction of sp³-hybridized carbons (Fsp3) is 0.250. The lowest BCUT2D eigenvalue weighted by atomic mass is 10.1. The molecule has 2 N–H and O–H groups in total. The summed E-state index contributed by atoms with van der Waals surface area (Å²) >= 11 is 0. The SMILES string of the molecule is Cc1coc(-c2ccc(CCN)cc2)n1. The van der Waals surface area contributed by atoms with Gasteiger partial charge in [-0.1, -0.05) is 12.1 Å². The van der Waals surface area contributed by atoms with Gasteiger partial charge in [0, 0.05) is 5.56 Å². The maximum atomic E-state index is 5.48. The maximum Gasteiger partial charge on any atom is 0.226 e. The molecule has 1 aromatic heterocycles. The van der Waals surface area contributed by atoms with Crippen molar-refractivity contribution in [2.45, 2.75) is 13.3 Å². The largest absolute Gasteiger partial charge is 0.444 e. The van der Waals surface area contributed by atoms with E-state index in [2.05, 4.69) is 17.1 Å². The molecule has 0 atom stereocenters. The van der Waals surface area contributed by atoms with Crippen molar-refractivity contribution in [3.05, 3.63) is 41.8 Å². The average Bonchev–Trinajstić information content (AvgIpc) is 2.67. The Kier molecular flexibility index (Phi) is 2.83. The molecule has 0 radical (unpaired) electrons. The fourth-order valence-electron chi connectivity index (χ4n) is 1.47. The van der Waals surface area contributed by atoms with Crippen molar-refractivity contribution in [3.8, 4) is 11.5 Å². The van der Waals surface area contributed by atoms with Crippen molar-refractivity contribution in [3.63, 3.8) is 0 Å². The molecule has 0 saturated carbocycles. The van der Waals surface area contributed by atoms with Gasteiger partial charge in [0.15, 0.2) is 0 Å². The summed E-state index contributed by atoms with van der Waals surface area (Å²) in [5, 5.41) is 0. The molecule has 0 amide bonds. The molecule has 0 fully saturated rings. The number of oxazole rings is 1. The summed E-state index contributed by atoms with van der Waals surface area (Å²) in [5.74, 6) is 0.673. The van der Waals surface area contributed by atoms with Crippen molar-refractivity contribution >= 4 is 0 Å². The first-order valence-corrected chi connectivity index (χ1v) is 5.01. The van der Waals surface area contributed by atoms with Crippen LogP contribution >= 0.6 is 0 Å². The Morgan fingerprint density at radius 3 is 2.53 bits per heavy atom. The number of benzene rings is 1. The molecule has 78 valence electrons. The van der Waals surface area contributed by atoms with Crippen LogP contribution in [0.5, 0.6) is 0 Å². The highest BCUT2D eigenvalue weighted by Gasteiger charge is 2.03. The van der Waals surface area contributed by atoms with Crippen LogP contribution in [0.15, 0.2) is 34.9 Å². The minimum atomic E-state index is 0.673. The van der Waals surface area contributed by atoms with E-state index >= 15 is 0 Å². The number of hydrogen-bond donors (Lipinski definition) is 1. The number of nitrogens with zero attached hydrogens (tertiary/aromatic N) is 1. The Bertz CT molecular complexity index is 431. The summed E-state index contributed by atoms with van der Waals surface area (Å²) in [7, 11) is 0. The molecule has 0 spiro atoms. The second kappa shape index (κ2) is 4.28. The smallest absolute Gasteiger partial charge is 0.226 e. The molecule has 0 bridgehead atoms. The zero-order valence-electron chi connectivity index (χ0n) is 8.73. The van der Waals surface area contributed by atoms with Gasteiger partial charge >= 0.3 is 0 Å². The number of hydrogen-bond acceptors (Lipinski definition) is 3.